The van der Waals surface area contributed by atoms with Gasteiger partial charge in [0, 0.05) is 23.5 Å². The van der Waals surface area contributed by atoms with E-state index in [4.69, 9.17) is 10.5 Å². The van der Waals surface area contributed by atoms with Crippen LogP contribution in [0.15, 0.2) is 42.5 Å². The van der Waals surface area contributed by atoms with Gasteiger partial charge in [0.2, 0.25) is 5.91 Å². The highest BCUT2D eigenvalue weighted by Gasteiger charge is 2.23. The number of benzene rings is 2. The third-order valence-electron chi connectivity index (χ3n) is 4.34. The predicted octanol–water partition coefficient (Wildman–Crippen LogP) is 1.99. The Morgan fingerprint density at radius 3 is 2.68 bits per heavy atom. The van der Waals surface area contributed by atoms with Crippen molar-refractivity contribution in [2.75, 3.05) is 30.8 Å². The molecule has 0 unspecified atom stereocenters. The third-order valence-corrected chi connectivity index (χ3v) is 4.34. The number of hydrogen-bond acceptors (Lipinski definition) is 4. The van der Waals surface area contributed by atoms with Crippen LogP contribution in [0.3, 0.4) is 0 Å². The molecule has 130 valence electrons. The molecular formula is C19H21N3O3. The largest absolute Gasteiger partial charge is 0.497 e. The number of methoxy groups -OCH3 is 1. The summed E-state index contributed by atoms with van der Waals surface area (Å²) in [5.41, 5.74) is 9.04. The Balaban J connectivity index is 1.65. The minimum absolute atomic E-state index is 0.0564. The number of hydrogen-bond donors (Lipinski definition) is 2. The van der Waals surface area contributed by atoms with Gasteiger partial charge in [0.25, 0.3) is 5.91 Å². The van der Waals surface area contributed by atoms with E-state index in [0.717, 1.165) is 24.1 Å². The number of nitrogen functional groups attached to an aromatic ring is 1. The average Bonchev–Trinajstić information content (AvgIpc) is 2.66. The number of carbonyl (C=O) groups is 2. The highest BCUT2D eigenvalue weighted by Crippen LogP contribution is 2.31. The summed E-state index contributed by atoms with van der Waals surface area (Å²) in [5, 5.41) is 2.68. The van der Waals surface area contributed by atoms with Gasteiger partial charge in [-0.15, -0.1) is 0 Å². The number of ether oxygens (including phenoxy) is 1. The zero-order chi connectivity index (χ0) is 17.8. The van der Waals surface area contributed by atoms with Crippen molar-refractivity contribution in [3.05, 3.63) is 53.6 Å². The van der Waals surface area contributed by atoms with Crippen LogP contribution in [0.4, 0.5) is 11.4 Å². The zero-order valence-electron chi connectivity index (χ0n) is 14.1. The molecule has 0 saturated carbocycles. The Morgan fingerprint density at radius 1 is 1.20 bits per heavy atom. The molecule has 0 saturated heterocycles. The lowest BCUT2D eigenvalue weighted by Crippen LogP contribution is -2.42. The van der Waals surface area contributed by atoms with Crippen LogP contribution in [-0.4, -0.2) is 32.0 Å². The van der Waals surface area contributed by atoms with E-state index in [-0.39, 0.29) is 18.4 Å². The number of fused-ring (bicyclic) bond motifs is 1. The number of nitrogens with zero attached hydrogens (tertiary/aromatic N) is 1. The van der Waals surface area contributed by atoms with Gasteiger partial charge in [0.1, 0.15) is 5.75 Å². The highest BCUT2D eigenvalue weighted by atomic mass is 16.5. The molecule has 0 spiro atoms. The van der Waals surface area contributed by atoms with Crippen molar-refractivity contribution in [3.8, 4) is 5.75 Å². The number of carbonyl (C=O) groups excluding carboxylic acids is 2. The Hall–Kier alpha value is -3.02. The van der Waals surface area contributed by atoms with Crippen LogP contribution >= 0.6 is 0 Å². The van der Waals surface area contributed by atoms with Gasteiger partial charge in [-0.05, 0) is 54.8 Å². The summed E-state index contributed by atoms with van der Waals surface area (Å²) in [6.07, 6.45) is 1.73. The fourth-order valence-electron chi connectivity index (χ4n) is 3.01. The van der Waals surface area contributed by atoms with Gasteiger partial charge >= 0.3 is 0 Å². The second-order valence-corrected chi connectivity index (χ2v) is 5.91. The van der Waals surface area contributed by atoms with Gasteiger partial charge < -0.3 is 20.7 Å². The van der Waals surface area contributed by atoms with Crippen molar-refractivity contribution in [3.63, 3.8) is 0 Å². The first-order valence-corrected chi connectivity index (χ1v) is 8.20. The standard InChI is InChI=1S/C19H21N3O3/c1-25-14-9-7-13(8-10-14)19(24)21-12-18(23)22-11-3-4-15-16(20)5-2-6-17(15)22/h2,5-10H,3-4,11-12,20H2,1H3,(H,21,24). The normalized spacial score (nSPS) is 13.1. The Kier molecular flexibility index (Phi) is 4.88. The third kappa shape index (κ3) is 3.57. The molecule has 0 fully saturated rings. The van der Waals surface area contributed by atoms with E-state index in [2.05, 4.69) is 5.32 Å². The molecule has 25 heavy (non-hydrogen) atoms. The lowest BCUT2D eigenvalue weighted by molar-refractivity contribution is -0.117. The Labute approximate surface area is 146 Å². The van der Waals surface area contributed by atoms with E-state index in [1.165, 1.54) is 0 Å². The SMILES string of the molecule is COc1ccc(C(=O)NCC(=O)N2CCCc3c(N)cccc32)cc1. The monoisotopic (exact) mass is 339 g/mol. The summed E-state index contributed by atoms with van der Waals surface area (Å²) >= 11 is 0. The molecule has 0 aromatic heterocycles. The van der Waals surface area contributed by atoms with Crippen LogP contribution in [0.2, 0.25) is 0 Å². The topological polar surface area (TPSA) is 84.7 Å². The zero-order valence-corrected chi connectivity index (χ0v) is 14.1. The van der Waals surface area contributed by atoms with Crippen molar-refractivity contribution in [2.45, 2.75) is 12.8 Å². The molecule has 2 aromatic rings. The summed E-state index contributed by atoms with van der Waals surface area (Å²) in [6, 6.07) is 12.3. The van der Waals surface area contributed by atoms with Crippen LogP contribution in [0.25, 0.3) is 0 Å². The summed E-state index contributed by atoms with van der Waals surface area (Å²) in [5.74, 6) is 0.240. The lowest BCUT2D eigenvalue weighted by atomic mass is 10.00. The lowest BCUT2D eigenvalue weighted by Gasteiger charge is -2.30. The quantitative estimate of drug-likeness (QED) is 0.834. The number of anilines is 2. The van der Waals surface area contributed by atoms with Crippen molar-refractivity contribution in [1.82, 2.24) is 5.32 Å². The predicted molar refractivity (Wildman–Crippen MR) is 96.9 cm³/mol. The van der Waals surface area contributed by atoms with E-state index in [1.807, 2.05) is 18.2 Å². The molecule has 1 heterocycles. The fourth-order valence-corrected chi connectivity index (χ4v) is 3.01. The van der Waals surface area contributed by atoms with Crippen molar-refractivity contribution < 1.29 is 14.3 Å². The van der Waals surface area contributed by atoms with Crippen LogP contribution < -0.4 is 20.7 Å². The summed E-state index contributed by atoms with van der Waals surface area (Å²) < 4.78 is 5.07. The van der Waals surface area contributed by atoms with Gasteiger partial charge in [0.15, 0.2) is 0 Å². The average molecular weight is 339 g/mol. The maximum Gasteiger partial charge on any atom is 0.251 e. The minimum Gasteiger partial charge on any atom is -0.497 e. The maximum absolute atomic E-state index is 12.6. The van der Waals surface area contributed by atoms with Crippen molar-refractivity contribution in [2.24, 2.45) is 0 Å². The van der Waals surface area contributed by atoms with Gasteiger partial charge in [-0.1, -0.05) is 6.07 Å². The van der Waals surface area contributed by atoms with Crippen molar-refractivity contribution >= 4 is 23.2 Å². The van der Waals surface area contributed by atoms with Crippen LogP contribution in [0, 0.1) is 0 Å². The molecule has 3 rings (SSSR count). The van der Waals surface area contributed by atoms with Crippen LogP contribution in [-0.2, 0) is 11.2 Å². The molecule has 6 heteroatoms. The minimum atomic E-state index is -0.291. The van der Waals surface area contributed by atoms with Crippen LogP contribution in [0.1, 0.15) is 22.3 Å². The first-order chi connectivity index (χ1) is 12.1. The van der Waals surface area contributed by atoms with Gasteiger partial charge in [-0.25, -0.2) is 0 Å². The van der Waals surface area contributed by atoms with E-state index in [0.29, 0.717) is 23.5 Å². The molecular weight excluding hydrogens is 318 g/mol. The second kappa shape index (κ2) is 7.25. The number of nitrogens with two attached hydrogens (primary N) is 1. The molecule has 1 aliphatic rings. The van der Waals surface area contributed by atoms with E-state index in [9.17, 15) is 9.59 Å². The number of nitrogens with one attached hydrogen (secondary N) is 1. The summed E-state index contributed by atoms with van der Waals surface area (Å²) in [4.78, 5) is 26.4. The fraction of sp³-hybridized carbons (Fsp3) is 0.263. The van der Waals surface area contributed by atoms with E-state index in [1.54, 1.807) is 36.3 Å². The summed E-state index contributed by atoms with van der Waals surface area (Å²) in [7, 11) is 1.57. The van der Waals surface area contributed by atoms with Gasteiger partial charge in [0.05, 0.1) is 13.7 Å². The molecule has 0 atom stereocenters. The molecule has 3 N–H and O–H groups in total. The first kappa shape index (κ1) is 16.8. The maximum atomic E-state index is 12.6. The second-order valence-electron chi connectivity index (χ2n) is 5.91. The Bertz CT molecular complexity index is 787. The smallest absolute Gasteiger partial charge is 0.251 e. The summed E-state index contributed by atoms with van der Waals surface area (Å²) in [6.45, 7) is 0.576. The number of amides is 2. The van der Waals surface area contributed by atoms with E-state index < -0.39 is 0 Å². The first-order valence-electron chi connectivity index (χ1n) is 8.20. The molecule has 2 aromatic carbocycles. The highest BCUT2D eigenvalue weighted by molar-refractivity contribution is 6.01. The van der Waals surface area contributed by atoms with E-state index >= 15 is 0 Å². The molecule has 6 nitrogen and oxygen atoms in total. The van der Waals surface area contributed by atoms with Crippen LogP contribution in [0.5, 0.6) is 5.75 Å². The number of rotatable bonds is 4. The molecule has 0 bridgehead atoms. The molecule has 2 amide bonds. The molecule has 0 aliphatic carbocycles. The molecule has 1 aliphatic heterocycles. The van der Waals surface area contributed by atoms with Crippen molar-refractivity contribution in [1.29, 1.82) is 0 Å². The van der Waals surface area contributed by atoms with Gasteiger partial charge in [-0.2, -0.15) is 0 Å². The molecule has 0 radical (unpaired) electrons. The Morgan fingerprint density at radius 2 is 1.96 bits per heavy atom. The van der Waals surface area contributed by atoms with Gasteiger partial charge in [-0.3, -0.25) is 9.59 Å².